The lowest BCUT2D eigenvalue weighted by Crippen LogP contribution is -2.63. The molecule has 5 rings (SSSR count). The summed E-state index contributed by atoms with van der Waals surface area (Å²) >= 11 is 0. The maximum atomic E-state index is 13.8. The summed E-state index contributed by atoms with van der Waals surface area (Å²) in [6, 6.07) is 12.9. The summed E-state index contributed by atoms with van der Waals surface area (Å²) in [6.45, 7) is 4.96. The van der Waals surface area contributed by atoms with Crippen LogP contribution in [0.25, 0.3) is 11.3 Å². The SMILES string of the molecule is CC(C)(O)C1CC(OC(=O)c2ccc(C#N)cc2)C2(C)Oc3cc(-c4cccnc4)oc(=O)c3C(=O)C2C1. The third-order valence-electron chi connectivity index (χ3n) is 7.60. The molecule has 1 aliphatic carbocycles. The summed E-state index contributed by atoms with van der Waals surface area (Å²) in [5.41, 5.74) is -2.36. The predicted molar refractivity (Wildman–Crippen MR) is 134 cm³/mol. The average Bonchev–Trinajstić information content (AvgIpc) is 2.88. The molecule has 1 fully saturated rings. The minimum Gasteiger partial charge on any atom is -0.482 e. The molecule has 0 spiro atoms. The van der Waals surface area contributed by atoms with Crippen molar-refractivity contribution in [1.82, 2.24) is 4.98 Å². The van der Waals surface area contributed by atoms with Gasteiger partial charge in [-0.05, 0) is 75.9 Å². The van der Waals surface area contributed by atoms with Gasteiger partial charge in [0, 0.05) is 24.0 Å². The Balaban J connectivity index is 1.56. The van der Waals surface area contributed by atoms with Crippen molar-refractivity contribution in [1.29, 1.82) is 5.26 Å². The number of aliphatic hydroxyl groups is 1. The van der Waals surface area contributed by atoms with Crippen molar-refractivity contribution in [3.63, 3.8) is 0 Å². The number of Topliss-reactive ketones (excluding diaryl/α,β-unsaturated/α-hetero) is 1. The first-order valence-corrected chi connectivity index (χ1v) is 12.3. The molecule has 0 bridgehead atoms. The zero-order chi connectivity index (χ0) is 27.2. The van der Waals surface area contributed by atoms with Crippen molar-refractivity contribution in [2.75, 3.05) is 0 Å². The van der Waals surface area contributed by atoms with Gasteiger partial charge in [-0.15, -0.1) is 0 Å². The topological polar surface area (TPSA) is 140 Å². The van der Waals surface area contributed by atoms with E-state index in [1.807, 2.05) is 6.07 Å². The van der Waals surface area contributed by atoms with E-state index in [1.165, 1.54) is 36.5 Å². The Bertz CT molecular complexity index is 1500. The van der Waals surface area contributed by atoms with E-state index in [4.69, 9.17) is 19.2 Å². The molecule has 3 aromatic rings. The number of ether oxygens (including phenoxy) is 2. The van der Waals surface area contributed by atoms with E-state index in [-0.39, 0.29) is 35.5 Å². The quantitative estimate of drug-likeness (QED) is 0.513. The van der Waals surface area contributed by atoms with Gasteiger partial charge in [-0.25, -0.2) is 9.59 Å². The number of esters is 1. The zero-order valence-corrected chi connectivity index (χ0v) is 21.1. The van der Waals surface area contributed by atoms with Crippen LogP contribution < -0.4 is 10.4 Å². The molecule has 1 N–H and O–H groups in total. The van der Waals surface area contributed by atoms with Gasteiger partial charge in [0.05, 0.1) is 28.7 Å². The third-order valence-corrected chi connectivity index (χ3v) is 7.60. The van der Waals surface area contributed by atoms with Crippen LogP contribution in [0.15, 0.2) is 64.1 Å². The molecule has 1 aliphatic heterocycles. The summed E-state index contributed by atoms with van der Waals surface area (Å²) < 4.78 is 17.8. The maximum Gasteiger partial charge on any atom is 0.351 e. The Hall–Kier alpha value is -4.29. The highest BCUT2D eigenvalue weighted by atomic mass is 16.6. The lowest BCUT2D eigenvalue weighted by atomic mass is 9.63. The fourth-order valence-corrected chi connectivity index (χ4v) is 5.29. The molecule has 9 heteroatoms. The lowest BCUT2D eigenvalue weighted by Gasteiger charge is -2.51. The van der Waals surface area contributed by atoms with Crippen molar-refractivity contribution in [3.8, 4) is 23.1 Å². The average molecular weight is 515 g/mol. The molecule has 1 saturated carbocycles. The van der Waals surface area contributed by atoms with Gasteiger partial charge in [0.25, 0.3) is 0 Å². The van der Waals surface area contributed by atoms with E-state index in [1.54, 1.807) is 39.1 Å². The molecular weight excluding hydrogens is 488 g/mol. The molecule has 2 aliphatic rings. The van der Waals surface area contributed by atoms with E-state index in [0.717, 1.165) is 0 Å². The lowest BCUT2D eigenvalue weighted by molar-refractivity contribution is -0.142. The van der Waals surface area contributed by atoms with Crippen LogP contribution in [0.3, 0.4) is 0 Å². The molecule has 4 atom stereocenters. The Labute approximate surface area is 218 Å². The monoisotopic (exact) mass is 514 g/mol. The van der Waals surface area contributed by atoms with Gasteiger partial charge in [0.15, 0.2) is 11.4 Å². The van der Waals surface area contributed by atoms with Gasteiger partial charge in [-0.2, -0.15) is 5.26 Å². The van der Waals surface area contributed by atoms with Crippen molar-refractivity contribution >= 4 is 11.8 Å². The molecule has 3 heterocycles. The minimum atomic E-state index is -1.31. The van der Waals surface area contributed by atoms with E-state index in [0.29, 0.717) is 11.1 Å². The van der Waals surface area contributed by atoms with E-state index < -0.39 is 46.5 Å². The van der Waals surface area contributed by atoms with E-state index >= 15 is 0 Å². The smallest absolute Gasteiger partial charge is 0.351 e. The fraction of sp³-hybridized carbons (Fsp3) is 0.345. The number of fused-ring (bicyclic) bond motifs is 2. The number of nitriles is 1. The number of benzene rings is 1. The molecule has 194 valence electrons. The summed E-state index contributed by atoms with van der Waals surface area (Å²) in [4.78, 5) is 43.9. The summed E-state index contributed by atoms with van der Waals surface area (Å²) in [7, 11) is 0. The van der Waals surface area contributed by atoms with Crippen molar-refractivity contribution in [3.05, 3.63) is 82.0 Å². The number of carbonyl (C=O) groups is 2. The molecule has 2 aromatic heterocycles. The predicted octanol–water partition coefficient (Wildman–Crippen LogP) is 3.93. The number of carbonyl (C=O) groups excluding carboxylic acids is 2. The van der Waals surface area contributed by atoms with Crippen molar-refractivity contribution in [2.45, 2.75) is 50.9 Å². The highest BCUT2D eigenvalue weighted by molar-refractivity contribution is 6.02. The van der Waals surface area contributed by atoms with Gasteiger partial charge in [-0.3, -0.25) is 9.78 Å². The van der Waals surface area contributed by atoms with Gasteiger partial charge in [0.2, 0.25) is 0 Å². The number of ketones is 1. The largest absolute Gasteiger partial charge is 0.482 e. The van der Waals surface area contributed by atoms with Crippen molar-refractivity contribution < 1.29 is 28.6 Å². The minimum absolute atomic E-state index is 0.0463. The van der Waals surface area contributed by atoms with Crippen LogP contribution in [0.1, 0.15) is 59.9 Å². The van der Waals surface area contributed by atoms with Crippen LogP contribution in [-0.2, 0) is 4.74 Å². The molecule has 0 radical (unpaired) electrons. The number of aromatic nitrogens is 1. The Morgan fingerprint density at radius 2 is 1.95 bits per heavy atom. The summed E-state index contributed by atoms with van der Waals surface area (Å²) in [5.74, 6) is -2.19. The van der Waals surface area contributed by atoms with E-state index in [2.05, 4.69) is 4.98 Å². The second-order valence-corrected chi connectivity index (χ2v) is 10.5. The Morgan fingerprint density at radius 1 is 1.21 bits per heavy atom. The molecule has 1 aromatic carbocycles. The fourth-order valence-electron chi connectivity index (χ4n) is 5.29. The molecule has 0 amide bonds. The third kappa shape index (κ3) is 4.37. The number of rotatable bonds is 4. The first-order chi connectivity index (χ1) is 18.0. The van der Waals surface area contributed by atoms with Crippen LogP contribution in [-0.4, -0.2) is 39.1 Å². The number of pyridine rings is 1. The van der Waals surface area contributed by atoms with E-state index in [9.17, 15) is 19.5 Å². The summed E-state index contributed by atoms with van der Waals surface area (Å²) in [6.07, 6.45) is 2.65. The van der Waals surface area contributed by atoms with Crippen LogP contribution in [0, 0.1) is 23.2 Å². The highest BCUT2D eigenvalue weighted by Crippen LogP contribution is 2.49. The molecule has 0 saturated heterocycles. The maximum absolute atomic E-state index is 13.8. The van der Waals surface area contributed by atoms with Crippen LogP contribution in [0.2, 0.25) is 0 Å². The number of nitrogens with zero attached hydrogens (tertiary/aromatic N) is 2. The van der Waals surface area contributed by atoms with Gasteiger partial charge >= 0.3 is 11.6 Å². The first kappa shape index (κ1) is 25.4. The Kier molecular flexibility index (Phi) is 6.16. The van der Waals surface area contributed by atoms with Gasteiger partial charge < -0.3 is 19.0 Å². The zero-order valence-electron chi connectivity index (χ0n) is 21.1. The normalized spacial score (nSPS) is 24.4. The van der Waals surface area contributed by atoms with Crippen LogP contribution in [0.5, 0.6) is 5.75 Å². The number of hydrogen-bond acceptors (Lipinski definition) is 9. The second kappa shape index (κ2) is 9.23. The van der Waals surface area contributed by atoms with Gasteiger partial charge in [0.1, 0.15) is 23.2 Å². The van der Waals surface area contributed by atoms with Crippen LogP contribution >= 0.6 is 0 Å². The molecule has 9 nitrogen and oxygen atoms in total. The molecule has 38 heavy (non-hydrogen) atoms. The molecule has 4 unspecified atom stereocenters. The summed E-state index contributed by atoms with van der Waals surface area (Å²) in [5, 5.41) is 19.9. The first-order valence-electron chi connectivity index (χ1n) is 12.3. The van der Waals surface area contributed by atoms with Crippen LogP contribution in [0.4, 0.5) is 0 Å². The second-order valence-electron chi connectivity index (χ2n) is 10.5. The Morgan fingerprint density at radius 3 is 2.58 bits per heavy atom. The highest BCUT2D eigenvalue weighted by Gasteiger charge is 2.59. The number of hydrogen-bond donors (Lipinski definition) is 1. The van der Waals surface area contributed by atoms with Crippen molar-refractivity contribution in [2.24, 2.45) is 11.8 Å². The standard InChI is InChI=1S/C29H26N2O7/c1-28(2,35)19-11-20-25(32)24-22(13-21(36-27(24)34)18-5-4-10-31-15-18)38-29(20,3)23(12-19)37-26(33)17-8-6-16(14-30)7-9-17/h4-10,13,15,19-20,23,35H,11-12H2,1-3H3. The van der Waals surface area contributed by atoms with Gasteiger partial charge in [-0.1, -0.05) is 0 Å². The molecular formula is C29H26N2O7.